The molecule has 5 heteroatoms. The topological polar surface area (TPSA) is 58.6 Å². The van der Waals surface area contributed by atoms with Gasteiger partial charge in [0.15, 0.2) is 0 Å². The summed E-state index contributed by atoms with van der Waals surface area (Å²) in [5.41, 5.74) is 0.810. The zero-order chi connectivity index (χ0) is 11.1. The number of thiophene rings is 1. The van der Waals surface area contributed by atoms with Crippen LogP contribution in [0.15, 0.2) is 16.8 Å². The molecule has 4 nitrogen and oxygen atoms in total. The molecule has 0 spiro atoms. The minimum Gasteiger partial charge on any atom is -0.480 e. The van der Waals surface area contributed by atoms with Crippen molar-refractivity contribution >= 4 is 17.3 Å². The number of aliphatic carboxylic acids is 1. The second kappa shape index (κ2) is 6.55. The van der Waals surface area contributed by atoms with Crippen LogP contribution >= 0.6 is 11.3 Å². The molecule has 0 radical (unpaired) electrons. The molecule has 1 aromatic rings. The van der Waals surface area contributed by atoms with E-state index in [1.54, 1.807) is 7.11 Å². The fourth-order valence-electron chi connectivity index (χ4n) is 1.25. The first-order valence-corrected chi connectivity index (χ1v) is 5.67. The van der Waals surface area contributed by atoms with Crippen LogP contribution < -0.4 is 5.32 Å². The fraction of sp³-hybridized carbons (Fsp3) is 0.500. The lowest BCUT2D eigenvalue weighted by atomic mass is 10.1. The smallest absolute Gasteiger partial charge is 0.325 e. The molecule has 0 aromatic carbocycles. The molecule has 1 atom stereocenters. The molecule has 0 saturated carbocycles. The summed E-state index contributed by atoms with van der Waals surface area (Å²) in [5, 5.41) is 15.7. The van der Waals surface area contributed by atoms with Gasteiger partial charge >= 0.3 is 5.97 Å². The molecule has 0 bridgehead atoms. The molecule has 1 rings (SSSR count). The van der Waals surface area contributed by atoms with E-state index in [0.717, 1.165) is 12.0 Å². The monoisotopic (exact) mass is 229 g/mol. The molecule has 0 fully saturated rings. The number of carboxylic acids is 1. The SMILES string of the molecule is COCCCNC(C(=O)O)c1ccsc1. The van der Waals surface area contributed by atoms with E-state index in [0.29, 0.717) is 13.2 Å². The molecule has 15 heavy (non-hydrogen) atoms. The van der Waals surface area contributed by atoms with Gasteiger partial charge in [0.1, 0.15) is 6.04 Å². The summed E-state index contributed by atoms with van der Waals surface area (Å²) in [5.74, 6) is -0.842. The molecule has 0 amide bonds. The molecule has 0 saturated heterocycles. The third kappa shape index (κ3) is 3.99. The first-order chi connectivity index (χ1) is 7.25. The van der Waals surface area contributed by atoms with Crippen LogP contribution in [0.25, 0.3) is 0 Å². The van der Waals surface area contributed by atoms with E-state index < -0.39 is 12.0 Å². The average molecular weight is 229 g/mol. The van der Waals surface area contributed by atoms with Gasteiger partial charge in [0.2, 0.25) is 0 Å². The predicted molar refractivity (Wildman–Crippen MR) is 59.2 cm³/mol. The third-order valence-electron chi connectivity index (χ3n) is 2.00. The Balaban J connectivity index is 2.42. The van der Waals surface area contributed by atoms with Crippen LogP contribution in [0.2, 0.25) is 0 Å². The minimum absolute atomic E-state index is 0.604. The Morgan fingerprint density at radius 2 is 2.53 bits per heavy atom. The van der Waals surface area contributed by atoms with Crippen molar-refractivity contribution in [3.63, 3.8) is 0 Å². The van der Waals surface area contributed by atoms with Crippen molar-refractivity contribution in [1.82, 2.24) is 5.32 Å². The summed E-state index contributed by atoms with van der Waals surface area (Å²) in [7, 11) is 1.63. The van der Waals surface area contributed by atoms with Crippen LogP contribution in [0.1, 0.15) is 18.0 Å². The van der Waals surface area contributed by atoms with Crippen molar-refractivity contribution in [3.05, 3.63) is 22.4 Å². The number of carboxylic acid groups (broad SMARTS) is 1. The highest BCUT2D eigenvalue weighted by Crippen LogP contribution is 2.16. The number of nitrogens with one attached hydrogen (secondary N) is 1. The maximum absolute atomic E-state index is 11.0. The maximum atomic E-state index is 11.0. The van der Waals surface area contributed by atoms with E-state index >= 15 is 0 Å². The number of hydrogen-bond acceptors (Lipinski definition) is 4. The van der Waals surface area contributed by atoms with Crippen molar-refractivity contribution in [3.8, 4) is 0 Å². The van der Waals surface area contributed by atoms with Crippen molar-refractivity contribution in [2.24, 2.45) is 0 Å². The standard InChI is InChI=1S/C10H15NO3S/c1-14-5-2-4-11-9(10(12)13)8-3-6-15-7-8/h3,6-7,9,11H,2,4-5H2,1H3,(H,12,13). The minimum atomic E-state index is -0.842. The highest BCUT2D eigenvalue weighted by Gasteiger charge is 2.18. The number of carbonyl (C=O) groups is 1. The molecule has 1 aromatic heterocycles. The van der Waals surface area contributed by atoms with Crippen LogP contribution in [0.5, 0.6) is 0 Å². The van der Waals surface area contributed by atoms with E-state index in [4.69, 9.17) is 9.84 Å². The molecule has 0 aliphatic heterocycles. The summed E-state index contributed by atoms with van der Waals surface area (Å²) < 4.78 is 4.89. The van der Waals surface area contributed by atoms with Gasteiger partial charge in [0.25, 0.3) is 0 Å². The molecule has 84 valence electrons. The van der Waals surface area contributed by atoms with Gasteiger partial charge in [0, 0.05) is 13.7 Å². The van der Waals surface area contributed by atoms with Gasteiger partial charge in [-0.25, -0.2) is 0 Å². The second-order valence-corrected chi connectivity index (χ2v) is 3.91. The Bertz CT molecular complexity index is 287. The van der Waals surface area contributed by atoms with Gasteiger partial charge in [-0.15, -0.1) is 0 Å². The van der Waals surface area contributed by atoms with E-state index in [9.17, 15) is 4.79 Å². The van der Waals surface area contributed by atoms with Crippen LogP contribution in [-0.2, 0) is 9.53 Å². The predicted octanol–water partition coefficient (Wildman–Crippen LogP) is 1.50. The van der Waals surface area contributed by atoms with E-state index in [2.05, 4.69) is 5.32 Å². The number of ether oxygens (including phenoxy) is 1. The van der Waals surface area contributed by atoms with Gasteiger partial charge in [-0.2, -0.15) is 11.3 Å². The lowest BCUT2D eigenvalue weighted by Crippen LogP contribution is -2.29. The highest BCUT2D eigenvalue weighted by atomic mass is 32.1. The number of hydrogen-bond donors (Lipinski definition) is 2. The first kappa shape index (κ1) is 12.2. The van der Waals surface area contributed by atoms with E-state index in [-0.39, 0.29) is 0 Å². The highest BCUT2D eigenvalue weighted by molar-refractivity contribution is 7.08. The van der Waals surface area contributed by atoms with Gasteiger partial charge in [-0.1, -0.05) is 0 Å². The van der Waals surface area contributed by atoms with Crippen molar-refractivity contribution in [2.45, 2.75) is 12.5 Å². The average Bonchev–Trinajstić information content (AvgIpc) is 2.70. The lowest BCUT2D eigenvalue weighted by molar-refractivity contribution is -0.139. The third-order valence-corrected chi connectivity index (χ3v) is 2.70. The fourth-order valence-corrected chi connectivity index (χ4v) is 1.94. The molecular formula is C10H15NO3S. The summed E-state index contributed by atoms with van der Waals surface area (Å²) in [6.07, 6.45) is 0.810. The zero-order valence-corrected chi connectivity index (χ0v) is 9.42. The van der Waals surface area contributed by atoms with Crippen LogP contribution in [-0.4, -0.2) is 31.3 Å². The molecule has 0 aliphatic rings. The molecule has 1 unspecified atom stereocenters. The summed E-state index contributed by atoms with van der Waals surface area (Å²) in [4.78, 5) is 11.0. The van der Waals surface area contributed by atoms with Crippen LogP contribution in [0.4, 0.5) is 0 Å². The lowest BCUT2D eigenvalue weighted by Gasteiger charge is -2.12. The quantitative estimate of drug-likeness (QED) is 0.696. The van der Waals surface area contributed by atoms with E-state index in [1.807, 2.05) is 16.8 Å². The Morgan fingerprint density at radius 1 is 1.73 bits per heavy atom. The van der Waals surface area contributed by atoms with E-state index in [1.165, 1.54) is 11.3 Å². The normalized spacial score (nSPS) is 12.6. The van der Waals surface area contributed by atoms with Crippen LogP contribution in [0.3, 0.4) is 0 Å². The van der Waals surface area contributed by atoms with Crippen molar-refractivity contribution in [2.75, 3.05) is 20.3 Å². The van der Waals surface area contributed by atoms with Crippen molar-refractivity contribution in [1.29, 1.82) is 0 Å². The molecule has 1 heterocycles. The van der Waals surface area contributed by atoms with Gasteiger partial charge in [-0.05, 0) is 35.4 Å². The second-order valence-electron chi connectivity index (χ2n) is 3.13. The largest absolute Gasteiger partial charge is 0.480 e. The number of methoxy groups -OCH3 is 1. The Hall–Kier alpha value is -0.910. The maximum Gasteiger partial charge on any atom is 0.325 e. The molecule has 0 aliphatic carbocycles. The van der Waals surface area contributed by atoms with Gasteiger partial charge in [-0.3, -0.25) is 4.79 Å². The Kier molecular flexibility index (Phi) is 5.31. The molecular weight excluding hydrogens is 214 g/mol. The van der Waals surface area contributed by atoms with Gasteiger partial charge < -0.3 is 15.2 Å². The van der Waals surface area contributed by atoms with Crippen molar-refractivity contribution < 1.29 is 14.6 Å². The Morgan fingerprint density at radius 3 is 3.07 bits per heavy atom. The summed E-state index contributed by atoms with van der Waals surface area (Å²) in [6, 6.07) is 1.22. The summed E-state index contributed by atoms with van der Waals surface area (Å²) in [6.45, 7) is 1.28. The van der Waals surface area contributed by atoms with Crippen LogP contribution in [0, 0.1) is 0 Å². The first-order valence-electron chi connectivity index (χ1n) is 4.73. The number of rotatable bonds is 7. The van der Waals surface area contributed by atoms with Gasteiger partial charge in [0.05, 0.1) is 0 Å². The molecule has 2 N–H and O–H groups in total. The Labute approximate surface area is 92.9 Å². The zero-order valence-electron chi connectivity index (χ0n) is 8.60. The summed E-state index contributed by atoms with van der Waals surface area (Å²) >= 11 is 1.50.